The number of ether oxygens (including phenoxy) is 3. The molecule has 0 radical (unpaired) electrons. The van der Waals surface area contributed by atoms with E-state index >= 15 is 0 Å². The first-order valence-electron chi connectivity index (χ1n) is 6.79. The molecule has 5 atom stereocenters. The summed E-state index contributed by atoms with van der Waals surface area (Å²) >= 11 is 0. The van der Waals surface area contributed by atoms with E-state index in [0.717, 1.165) is 25.7 Å². The largest absolute Gasteiger partial charge is 0.390 e. The van der Waals surface area contributed by atoms with Crippen molar-refractivity contribution in [3.8, 4) is 0 Å². The van der Waals surface area contributed by atoms with Gasteiger partial charge >= 0.3 is 0 Å². The SMILES string of the molecule is CCC[C@@H]1O[C@@H](C[C@H]2COCO2)[C@@H](O)[C@H]1CC. The summed E-state index contributed by atoms with van der Waals surface area (Å²) in [7, 11) is 0. The molecule has 1 N–H and O–H groups in total. The number of aliphatic hydroxyl groups is 1. The Morgan fingerprint density at radius 3 is 2.65 bits per heavy atom. The van der Waals surface area contributed by atoms with Crippen LogP contribution in [0.3, 0.4) is 0 Å². The molecule has 4 nitrogen and oxygen atoms in total. The zero-order valence-electron chi connectivity index (χ0n) is 10.8. The summed E-state index contributed by atoms with van der Waals surface area (Å²) in [5.41, 5.74) is 0. The number of rotatable bonds is 5. The van der Waals surface area contributed by atoms with E-state index in [2.05, 4.69) is 13.8 Å². The normalized spacial score (nSPS) is 42.2. The minimum Gasteiger partial charge on any atom is -0.390 e. The quantitative estimate of drug-likeness (QED) is 0.799. The molecule has 0 aliphatic carbocycles. The van der Waals surface area contributed by atoms with Gasteiger partial charge in [0, 0.05) is 12.3 Å². The Morgan fingerprint density at radius 1 is 1.24 bits per heavy atom. The third kappa shape index (κ3) is 2.99. The Hall–Kier alpha value is -0.160. The molecule has 0 saturated carbocycles. The minimum absolute atomic E-state index is 0.0804. The van der Waals surface area contributed by atoms with Gasteiger partial charge in [0.1, 0.15) is 6.79 Å². The molecule has 0 unspecified atom stereocenters. The summed E-state index contributed by atoms with van der Waals surface area (Å²) in [6.07, 6.45) is 3.74. The van der Waals surface area contributed by atoms with Crippen LogP contribution in [0, 0.1) is 5.92 Å². The van der Waals surface area contributed by atoms with E-state index in [0.29, 0.717) is 13.4 Å². The average Bonchev–Trinajstić information content (AvgIpc) is 2.90. The van der Waals surface area contributed by atoms with Crippen molar-refractivity contribution in [1.29, 1.82) is 0 Å². The van der Waals surface area contributed by atoms with Gasteiger partial charge in [-0.1, -0.05) is 20.3 Å². The molecular formula is C13H24O4. The third-order valence-electron chi connectivity index (χ3n) is 3.88. The van der Waals surface area contributed by atoms with E-state index in [4.69, 9.17) is 14.2 Å². The lowest BCUT2D eigenvalue weighted by Gasteiger charge is -2.18. The van der Waals surface area contributed by atoms with Gasteiger partial charge in [0.05, 0.1) is 31.0 Å². The van der Waals surface area contributed by atoms with E-state index in [-0.39, 0.29) is 30.3 Å². The zero-order chi connectivity index (χ0) is 12.3. The zero-order valence-corrected chi connectivity index (χ0v) is 10.8. The minimum atomic E-state index is -0.347. The highest BCUT2D eigenvalue weighted by molar-refractivity contribution is 4.91. The van der Waals surface area contributed by atoms with Gasteiger partial charge < -0.3 is 19.3 Å². The van der Waals surface area contributed by atoms with Gasteiger partial charge in [-0.15, -0.1) is 0 Å². The molecule has 2 rings (SSSR count). The van der Waals surface area contributed by atoms with Crippen LogP contribution in [-0.4, -0.2) is 42.9 Å². The molecule has 0 aromatic heterocycles. The first-order valence-corrected chi connectivity index (χ1v) is 6.79. The second-order valence-electron chi connectivity index (χ2n) is 5.08. The number of hydrogen-bond acceptors (Lipinski definition) is 4. The third-order valence-corrected chi connectivity index (χ3v) is 3.88. The summed E-state index contributed by atoms with van der Waals surface area (Å²) in [6, 6.07) is 0. The standard InChI is InChI=1S/C13H24O4/c1-3-5-11-10(4-2)13(14)12(17-11)6-9-7-15-8-16-9/h9-14H,3-8H2,1-2H3/t9-,10-,11-,12-,13-/m0/s1. The Morgan fingerprint density at radius 2 is 2.06 bits per heavy atom. The Labute approximate surface area is 103 Å². The van der Waals surface area contributed by atoms with Crippen molar-refractivity contribution in [2.24, 2.45) is 5.92 Å². The molecule has 0 bridgehead atoms. The van der Waals surface area contributed by atoms with Crippen LogP contribution in [0.5, 0.6) is 0 Å². The van der Waals surface area contributed by atoms with E-state index in [1.54, 1.807) is 0 Å². The molecule has 0 amide bonds. The molecule has 17 heavy (non-hydrogen) atoms. The van der Waals surface area contributed by atoms with Crippen molar-refractivity contribution in [3.63, 3.8) is 0 Å². The van der Waals surface area contributed by atoms with Crippen molar-refractivity contribution in [3.05, 3.63) is 0 Å². The van der Waals surface area contributed by atoms with Gasteiger partial charge in [-0.2, -0.15) is 0 Å². The Balaban J connectivity index is 1.89. The molecule has 2 aliphatic rings. The molecule has 2 saturated heterocycles. The van der Waals surface area contributed by atoms with Gasteiger partial charge in [-0.05, 0) is 12.8 Å². The molecule has 2 aliphatic heterocycles. The summed E-state index contributed by atoms with van der Waals surface area (Å²) < 4.78 is 16.6. The van der Waals surface area contributed by atoms with Crippen LogP contribution in [-0.2, 0) is 14.2 Å². The topological polar surface area (TPSA) is 47.9 Å². The van der Waals surface area contributed by atoms with Crippen molar-refractivity contribution in [2.75, 3.05) is 13.4 Å². The second-order valence-corrected chi connectivity index (χ2v) is 5.08. The van der Waals surface area contributed by atoms with Crippen molar-refractivity contribution >= 4 is 0 Å². The lowest BCUT2D eigenvalue weighted by molar-refractivity contribution is -0.0281. The van der Waals surface area contributed by atoms with Crippen molar-refractivity contribution in [2.45, 2.75) is 63.9 Å². The monoisotopic (exact) mass is 244 g/mol. The second kappa shape index (κ2) is 6.14. The maximum Gasteiger partial charge on any atom is 0.147 e. The lowest BCUT2D eigenvalue weighted by atomic mass is 9.90. The van der Waals surface area contributed by atoms with Crippen LogP contribution in [0.4, 0.5) is 0 Å². The van der Waals surface area contributed by atoms with Gasteiger partial charge in [-0.25, -0.2) is 0 Å². The predicted octanol–water partition coefficient (Wildman–Crippen LogP) is 1.70. The fraction of sp³-hybridized carbons (Fsp3) is 1.00. The van der Waals surface area contributed by atoms with Crippen molar-refractivity contribution in [1.82, 2.24) is 0 Å². The highest BCUT2D eigenvalue weighted by atomic mass is 16.7. The highest BCUT2D eigenvalue weighted by Gasteiger charge is 2.42. The first kappa shape index (κ1) is 13.3. The molecule has 0 aromatic carbocycles. The van der Waals surface area contributed by atoms with E-state index in [1.165, 1.54) is 0 Å². The molecule has 100 valence electrons. The number of hydrogen-bond donors (Lipinski definition) is 1. The maximum atomic E-state index is 10.3. The van der Waals surface area contributed by atoms with Crippen LogP contribution >= 0.6 is 0 Å². The van der Waals surface area contributed by atoms with Crippen LogP contribution < -0.4 is 0 Å². The van der Waals surface area contributed by atoms with Gasteiger partial charge in [-0.3, -0.25) is 0 Å². The van der Waals surface area contributed by atoms with Gasteiger partial charge in [0.15, 0.2) is 0 Å². The molecule has 4 heteroatoms. The Kier molecular flexibility index (Phi) is 4.79. The molecular weight excluding hydrogens is 220 g/mol. The molecule has 0 aromatic rings. The summed E-state index contributed by atoms with van der Waals surface area (Å²) in [6.45, 7) is 5.28. The maximum absolute atomic E-state index is 10.3. The summed E-state index contributed by atoms with van der Waals surface area (Å²) in [5, 5.41) is 10.3. The van der Waals surface area contributed by atoms with Crippen LogP contribution in [0.1, 0.15) is 39.5 Å². The average molecular weight is 244 g/mol. The fourth-order valence-corrected chi connectivity index (χ4v) is 2.93. The number of aliphatic hydroxyl groups excluding tert-OH is 1. The highest BCUT2D eigenvalue weighted by Crippen LogP contribution is 2.34. The summed E-state index contributed by atoms with van der Waals surface area (Å²) in [5.74, 6) is 0.280. The van der Waals surface area contributed by atoms with Crippen LogP contribution in [0.2, 0.25) is 0 Å². The molecule has 2 heterocycles. The smallest absolute Gasteiger partial charge is 0.147 e. The van der Waals surface area contributed by atoms with E-state index in [1.807, 2.05) is 0 Å². The van der Waals surface area contributed by atoms with Crippen LogP contribution in [0.25, 0.3) is 0 Å². The van der Waals surface area contributed by atoms with E-state index in [9.17, 15) is 5.11 Å². The molecule has 2 fully saturated rings. The van der Waals surface area contributed by atoms with Crippen molar-refractivity contribution < 1.29 is 19.3 Å². The first-order chi connectivity index (χ1) is 8.26. The van der Waals surface area contributed by atoms with Crippen LogP contribution in [0.15, 0.2) is 0 Å². The fourth-order valence-electron chi connectivity index (χ4n) is 2.93. The van der Waals surface area contributed by atoms with E-state index < -0.39 is 0 Å². The van der Waals surface area contributed by atoms with Gasteiger partial charge in [0.2, 0.25) is 0 Å². The predicted molar refractivity (Wildman–Crippen MR) is 63.7 cm³/mol. The van der Waals surface area contributed by atoms with Gasteiger partial charge in [0.25, 0.3) is 0 Å². The summed E-state index contributed by atoms with van der Waals surface area (Å²) in [4.78, 5) is 0. The Bertz CT molecular complexity index is 227. The molecule has 0 spiro atoms. The lowest BCUT2D eigenvalue weighted by Crippen LogP contribution is -2.30.